The minimum atomic E-state index is -0.493. The second-order valence-corrected chi connectivity index (χ2v) is 3.69. The van der Waals surface area contributed by atoms with Crippen molar-refractivity contribution >= 4 is 11.9 Å². The molecule has 0 unspecified atom stereocenters. The van der Waals surface area contributed by atoms with Crippen molar-refractivity contribution in [2.75, 3.05) is 12.4 Å². The Morgan fingerprint density at radius 3 is 2.75 bits per heavy atom. The lowest BCUT2D eigenvalue weighted by Gasteiger charge is -2.18. The number of aromatic nitrogens is 2. The Balaban J connectivity index is 2.81. The molecule has 1 atom stereocenters. The van der Waals surface area contributed by atoms with E-state index in [1.165, 1.54) is 7.11 Å². The third-order valence-electron chi connectivity index (χ3n) is 2.10. The van der Waals surface area contributed by atoms with Crippen LogP contribution in [0, 0.1) is 5.92 Å². The average molecular weight is 224 g/mol. The van der Waals surface area contributed by atoms with Gasteiger partial charge in [-0.1, -0.05) is 13.8 Å². The van der Waals surface area contributed by atoms with Crippen molar-refractivity contribution in [3.63, 3.8) is 0 Å². The first-order valence-corrected chi connectivity index (χ1v) is 4.97. The molecule has 0 aromatic carbocycles. The Kier molecular flexibility index (Phi) is 4.04. The van der Waals surface area contributed by atoms with Crippen molar-refractivity contribution in [3.05, 3.63) is 12.3 Å². The summed E-state index contributed by atoms with van der Waals surface area (Å²) >= 11 is 0. The second kappa shape index (κ2) is 5.29. The first-order valence-electron chi connectivity index (χ1n) is 4.97. The van der Waals surface area contributed by atoms with E-state index in [-0.39, 0.29) is 5.92 Å². The lowest BCUT2D eigenvalue weighted by Crippen LogP contribution is -2.40. The van der Waals surface area contributed by atoms with E-state index in [9.17, 15) is 4.79 Å². The maximum atomic E-state index is 11.2. The number of ether oxygens (including phenoxy) is 1. The summed E-state index contributed by atoms with van der Waals surface area (Å²) in [5.41, 5.74) is 5.27. The molecule has 0 saturated carbocycles. The number of hydrogen-bond donors (Lipinski definition) is 2. The predicted octanol–water partition coefficient (Wildman–Crippen LogP) is 0.407. The molecule has 0 fully saturated rings. The van der Waals surface area contributed by atoms with Crippen LogP contribution in [0.5, 0.6) is 5.88 Å². The Morgan fingerprint density at radius 1 is 1.56 bits per heavy atom. The van der Waals surface area contributed by atoms with Crippen LogP contribution in [0.2, 0.25) is 0 Å². The van der Waals surface area contributed by atoms with Crippen LogP contribution in [0.1, 0.15) is 13.8 Å². The third-order valence-corrected chi connectivity index (χ3v) is 2.10. The standard InChI is InChI=1S/C10H16N4O2/c1-6(2)8(9(11)15)14-10-12-5-4-7(13-10)16-3/h4-6,8H,1-3H3,(H2,11,15)(H,12,13,14)/t8-/m1/s1. The van der Waals surface area contributed by atoms with E-state index in [1.807, 2.05) is 13.8 Å². The minimum absolute atomic E-state index is 0.0623. The normalized spacial score (nSPS) is 12.2. The number of rotatable bonds is 5. The fourth-order valence-electron chi connectivity index (χ4n) is 1.23. The largest absolute Gasteiger partial charge is 0.481 e. The van der Waals surface area contributed by atoms with Crippen molar-refractivity contribution in [3.8, 4) is 5.88 Å². The molecule has 16 heavy (non-hydrogen) atoms. The Bertz CT molecular complexity index is 368. The van der Waals surface area contributed by atoms with Crippen LogP contribution in [0.4, 0.5) is 5.95 Å². The van der Waals surface area contributed by atoms with E-state index < -0.39 is 11.9 Å². The fraction of sp³-hybridized carbons (Fsp3) is 0.500. The molecule has 0 aliphatic carbocycles. The zero-order valence-corrected chi connectivity index (χ0v) is 9.60. The van der Waals surface area contributed by atoms with Gasteiger partial charge in [0.25, 0.3) is 0 Å². The topological polar surface area (TPSA) is 90.1 Å². The summed E-state index contributed by atoms with van der Waals surface area (Å²) in [6.45, 7) is 3.78. The van der Waals surface area contributed by atoms with Crippen LogP contribution in [0.15, 0.2) is 12.3 Å². The molecule has 0 aliphatic rings. The van der Waals surface area contributed by atoms with E-state index >= 15 is 0 Å². The number of nitrogens with one attached hydrogen (secondary N) is 1. The highest BCUT2D eigenvalue weighted by molar-refractivity contribution is 5.82. The number of carbonyl (C=O) groups is 1. The minimum Gasteiger partial charge on any atom is -0.481 e. The number of amides is 1. The third kappa shape index (κ3) is 3.08. The molecular formula is C10H16N4O2. The predicted molar refractivity (Wildman–Crippen MR) is 60.0 cm³/mol. The smallest absolute Gasteiger partial charge is 0.240 e. The van der Waals surface area contributed by atoms with Crippen LogP contribution in [0.3, 0.4) is 0 Å². The van der Waals surface area contributed by atoms with E-state index in [1.54, 1.807) is 12.3 Å². The maximum Gasteiger partial charge on any atom is 0.240 e. The summed E-state index contributed by atoms with van der Waals surface area (Å²) in [5, 5.41) is 2.88. The molecule has 6 heteroatoms. The SMILES string of the molecule is COc1ccnc(N[C@@H](C(N)=O)C(C)C)n1. The molecule has 1 rings (SSSR count). The first-order chi connectivity index (χ1) is 7.54. The molecule has 0 saturated heterocycles. The van der Waals surface area contributed by atoms with Crippen molar-refractivity contribution < 1.29 is 9.53 Å². The molecular weight excluding hydrogens is 208 g/mol. The molecule has 1 heterocycles. The molecule has 1 amide bonds. The van der Waals surface area contributed by atoms with Gasteiger partial charge in [0, 0.05) is 12.3 Å². The van der Waals surface area contributed by atoms with E-state index in [0.29, 0.717) is 11.8 Å². The first kappa shape index (κ1) is 12.2. The van der Waals surface area contributed by atoms with E-state index in [0.717, 1.165) is 0 Å². The van der Waals surface area contributed by atoms with Gasteiger partial charge in [-0.05, 0) is 5.92 Å². The summed E-state index contributed by atoms with van der Waals surface area (Å²) in [6.07, 6.45) is 1.55. The van der Waals surface area contributed by atoms with Gasteiger partial charge in [0.1, 0.15) is 6.04 Å². The van der Waals surface area contributed by atoms with Gasteiger partial charge in [-0.3, -0.25) is 4.79 Å². The number of carbonyl (C=O) groups excluding carboxylic acids is 1. The second-order valence-electron chi connectivity index (χ2n) is 3.69. The molecule has 6 nitrogen and oxygen atoms in total. The molecule has 0 radical (unpaired) electrons. The van der Waals surface area contributed by atoms with Crippen LogP contribution in [-0.2, 0) is 4.79 Å². The van der Waals surface area contributed by atoms with E-state index in [2.05, 4.69) is 15.3 Å². The van der Waals surface area contributed by atoms with Crippen LogP contribution >= 0.6 is 0 Å². The lowest BCUT2D eigenvalue weighted by molar-refractivity contribution is -0.119. The summed E-state index contributed by atoms with van der Waals surface area (Å²) in [5.74, 6) is 0.398. The number of anilines is 1. The van der Waals surface area contributed by atoms with Crippen LogP contribution in [-0.4, -0.2) is 29.0 Å². The summed E-state index contributed by atoms with van der Waals surface area (Å²) in [4.78, 5) is 19.2. The van der Waals surface area contributed by atoms with Crippen molar-refractivity contribution in [1.82, 2.24) is 9.97 Å². The van der Waals surface area contributed by atoms with Gasteiger partial charge in [-0.25, -0.2) is 4.98 Å². The lowest BCUT2D eigenvalue weighted by atomic mass is 10.0. The van der Waals surface area contributed by atoms with E-state index in [4.69, 9.17) is 10.5 Å². The zero-order chi connectivity index (χ0) is 12.1. The van der Waals surface area contributed by atoms with Gasteiger partial charge in [0.15, 0.2) is 0 Å². The monoisotopic (exact) mass is 224 g/mol. The quantitative estimate of drug-likeness (QED) is 0.755. The van der Waals surface area contributed by atoms with Gasteiger partial charge in [-0.15, -0.1) is 0 Å². The van der Waals surface area contributed by atoms with Gasteiger partial charge in [0.2, 0.25) is 17.7 Å². The molecule has 0 bridgehead atoms. The highest BCUT2D eigenvalue weighted by Gasteiger charge is 2.20. The Hall–Kier alpha value is -1.85. The Labute approximate surface area is 94.2 Å². The molecule has 0 spiro atoms. The zero-order valence-electron chi connectivity index (χ0n) is 9.60. The molecule has 1 aromatic rings. The number of hydrogen-bond acceptors (Lipinski definition) is 5. The molecule has 1 aromatic heterocycles. The number of nitrogens with zero attached hydrogens (tertiary/aromatic N) is 2. The highest BCUT2D eigenvalue weighted by Crippen LogP contribution is 2.11. The van der Waals surface area contributed by atoms with Crippen LogP contribution in [0.25, 0.3) is 0 Å². The number of primary amides is 1. The van der Waals surface area contributed by atoms with Gasteiger partial charge in [-0.2, -0.15) is 4.98 Å². The average Bonchev–Trinajstić information content (AvgIpc) is 2.25. The summed E-state index contributed by atoms with van der Waals surface area (Å²) in [6, 6.07) is 1.13. The molecule has 3 N–H and O–H groups in total. The summed E-state index contributed by atoms with van der Waals surface area (Å²) < 4.78 is 4.95. The maximum absolute atomic E-state index is 11.2. The molecule has 88 valence electrons. The fourth-order valence-corrected chi connectivity index (χ4v) is 1.23. The van der Waals surface area contributed by atoms with Gasteiger partial charge < -0.3 is 15.8 Å². The van der Waals surface area contributed by atoms with Crippen molar-refractivity contribution in [2.24, 2.45) is 11.7 Å². The number of methoxy groups -OCH3 is 1. The van der Waals surface area contributed by atoms with Gasteiger partial charge in [0.05, 0.1) is 7.11 Å². The van der Waals surface area contributed by atoms with Crippen LogP contribution < -0.4 is 15.8 Å². The summed E-state index contributed by atoms with van der Waals surface area (Å²) in [7, 11) is 1.51. The molecule has 0 aliphatic heterocycles. The highest BCUT2D eigenvalue weighted by atomic mass is 16.5. The van der Waals surface area contributed by atoms with Crippen molar-refractivity contribution in [2.45, 2.75) is 19.9 Å². The van der Waals surface area contributed by atoms with Crippen molar-refractivity contribution in [1.29, 1.82) is 0 Å². The number of nitrogens with two attached hydrogens (primary N) is 1. The Morgan fingerprint density at radius 2 is 2.25 bits per heavy atom. The van der Waals surface area contributed by atoms with Gasteiger partial charge >= 0.3 is 0 Å².